The highest BCUT2D eigenvalue weighted by atomic mass is 19.4. The van der Waals surface area contributed by atoms with Crippen LogP contribution in [0.25, 0.3) is 0 Å². The van der Waals surface area contributed by atoms with Crippen molar-refractivity contribution in [3.05, 3.63) is 29.3 Å². The van der Waals surface area contributed by atoms with Crippen LogP contribution in [0.4, 0.5) is 18.9 Å². The third kappa shape index (κ3) is 2.88. The molecule has 1 aliphatic heterocycles. The van der Waals surface area contributed by atoms with Crippen molar-refractivity contribution in [3.8, 4) is 6.07 Å². The van der Waals surface area contributed by atoms with E-state index in [0.29, 0.717) is 12.2 Å². The lowest BCUT2D eigenvalue weighted by Crippen LogP contribution is -2.50. The summed E-state index contributed by atoms with van der Waals surface area (Å²) in [7, 11) is 2.01. The molecule has 0 aromatic heterocycles. The van der Waals surface area contributed by atoms with E-state index in [9.17, 15) is 13.2 Å². The molecule has 0 saturated carbocycles. The van der Waals surface area contributed by atoms with Crippen LogP contribution < -0.4 is 4.90 Å². The fourth-order valence-corrected chi connectivity index (χ4v) is 2.55. The van der Waals surface area contributed by atoms with E-state index in [1.165, 1.54) is 6.07 Å². The lowest BCUT2D eigenvalue weighted by molar-refractivity contribution is -0.137. The Balaban J connectivity index is 2.36. The van der Waals surface area contributed by atoms with E-state index in [2.05, 4.69) is 4.90 Å². The first-order valence-electron chi connectivity index (χ1n) is 6.39. The maximum atomic E-state index is 12.7. The average molecular weight is 283 g/mol. The Morgan fingerprint density at radius 2 is 2.00 bits per heavy atom. The Bertz CT molecular complexity index is 533. The molecule has 6 heteroatoms. The predicted molar refractivity (Wildman–Crippen MR) is 70.5 cm³/mol. The maximum Gasteiger partial charge on any atom is 0.416 e. The summed E-state index contributed by atoms with van der Waals surface area (Å²) in [5.41, 5.74) is -0.114. The predicted octanol–water partition coefficient (Wildman–Crippen LogP) is 2.72. The van der Waals surface area contributed by atoms with Gasteiger partial charge in [0.25, 0.3) is 0 Å². The van der Waals surface area contributed by atoms with Crippen LogP contribution >= 0.6 is 0 Å². The van der Waals surface area contributed by atoms with Crippen LogP contribution in [-0.4, -0.2) is 37.6 Å². The number of piperazine rings is 1. The van der Waals surface area contributed by atoms with Gasteiger partial charge in [-0.25, -0.2) is 0 Å². The van der Waals surface area contributed by atoms with E-state index in [1.54, 1.807) is 0 Å². The highest BCUT2D eigenvalue weighted by molar-refractivity contribution is 5.61. The number of benzene rings is 1. The molecular formula is C14H16F3N3. The molecule has 0 amide bonds. The van der Waals surface area contributed by atoms with Gasteiger partial charge in [0.05, 0.1) is 16.8 Å². The van der Waals surface area contributed by atoms with E-state index in [4.69, 9.17) is 5.26 Å². The van der Waals surface area contributed by atoms with Crippen molar-refractivity contribution in [1.29, 1.82) is 5.26 Å². The first kappa shape index (κ1) is 14.7. The van der Waals surface area contributed by atoms with Gasteiger partial charge in [-0.3, -0.25) is 0 Å². The van der Waals surface area contributed by atoms with Gasteiger partial charge in [0.1, 0.15) is 6.07 Å². The number of nitrogens with zero attached hydrogens (tertiary/aromatic N) is 3. The summed E-state index contributed by atoms with van der Waals surface area (Å²) in [5, 5.41) is 9.12. The molecule has 2 rings (SSSR count). The zero-order valence-electron chi connectivity index (χ0n) is 11.4. The Morgan fingerprint density at radius 3 is 2.55 bits per heavy atom. The number of hydrogen-bond acceptors (Lipinski definition) is 3. The minimum atomic E-state index is -4.42. The number of alkyl halides is 3. The van der Waals surface area contributed by atoms with Gasteiger partial charge in [-0.05, 0) is 32.2 Å². The highest BCUT2D eigenvalue weighted by Gasteiger charge is 2.32. The van der Waals surface area contributed by atoms with Crippen molar-refractivity contribution in [2.24, 2.45) is 0 Å². The summed E-state index contributed by atoms with van der Waals surface area (Å²) in [6, 6.07) is 5.43. The fourth-order valence-electron chi connectivity index (χ4n) is 2.55. The topological polar surface area (TPSA) is 30.3 Å². The summed E-state index contributed by atoms with van der Waals surface area (Å²) in [6.45, 7) is 4.37. The quantitative estimate of drug-likeness (QED) is 0.794. The van der Waals surface area contributed by atoms with Crippen LogP contribution in [0.1, 0.15) is 18.1 Å². The van der Waals surface area contributed by atoms with Crippen LogP contribution in [0.3, 0.4) is 0 Å². The smallest absolute Gasteiger partial charge is 0.365 e. The second-order valence-corrected chi connectivity index (χ2v) is 5.15. The van der Waals surface area contributed by atoms with E-state index in [-0.39, 0.29) is 11.6 Å². The minimum absolute atomic E-state index is 0.0798. The number of halogens is 3. The third-order valence-corrected chi connectivity index (χ3v) is 3.58. The normalized spacial score (nSPS) is 20.8. The number of likely N-dealkylation sites (N-methyl/N-ethyl adjacent to an activating group) is 1. The molecule has 0 radical (unpaired) electrons. The first-order valence-corrected chi connectivity index (χ1v) is 6.39. The van der Waals surface area contributed by atoms with Crippen LogP contribution in [0.15, 0.2) is 18.2 Å². The summed E-state index contributed by atoms with van der Waals surface area (Å²) >= 11 is 0. The van der Waals surface area contributed by atoms with Gasteiger partial charge < -0.3 is 9.80 Å². The molecule has 0 aliphatic carbocycles. The molecule has 0 spiro atoms. The zero-order chi connectivity index (χ0) is 14.9. The maximum absolute atomic E-state index is 12.7. The summed E-state index contributed by atoms with van der Waals surface area (Å²) < 4.78 is 38.0. The van der Waals surface area contributed by atoms with Crippen molar-refractivity contribution in [1.82, 2.24) is 4.90 Å². The number of rotatable bonds is 1. The Morgan fingerprint density at radius 1 is 1.30 bits per heavy atom. The zero-order valence-corrected chi connectivity index (χ0v) is 11.4. The van der Waals surface area contributed by atoms with Gasteiger partial charge in [0.2, 0.25) is 0 Å². The molecule has 20 heavy (non-hydrogen) atoms. The summed E-state index contributed by atoms with van der Waals surface area (Å²) in [6.07, 6.45) is -4.42. The van der Waals surface area contributed by atoms with Crippen molar-refractivity contribution >= 4 is 5.69 Å². The molecule has 1 atom stereocenters. The number of hydrogen-bond donors (Lipinski definition) is 0. The van der Waals surface area contributed by atoms with E-state index in [1.807, 2.05) is 24.9 Å². The molecule has 0 N–H and O–H groups in total. The molecule has 1 aliphatic rings. The molecule has 0 bridgehead atoms. The number of anilines is 1. The number of nitriles is 1. The SMILES string of the molecule is CC1CN(C)CCN1c1ccc(C(F)(F)F)cc1C#N. The molecule has 108 valence electrons. The van der Waals surface area contributed by atoms with Gasteiger partial charge >= 0.3 is 6.18 Å². The van der Waals surface area contributed by atoms with Crippen LogP contribution in [0.5, 0.6) is 0 Å². The standard InChI is InChI=1S/C14H16F3N3/c1-10-9-19(2)5-6-20(10)13-4-3-12(14(15,16)17)7-11(13)8-18/h3-4,7,10H,5-6,9H2,1-2H3. The Labute approximate surface area is 116 Å². The average Bonchev–Trinajstić information content (AvgIpc) is 2.37. The summed E-state index contributed by atoms with van der Waals surface area (Å²) in [5.74, 6) is 0. The lowest BCUT2D eigenvalue weighted by Gasteiger charge is -2.40. The van der Waals surface area contributed by atoms with Crippen molar-refractivity contribution in [2.75, 3.05) is 31.6 Å². The van der Waals surface area contributed by atoms with Crippen LogP contribution in [0, 0.1) is 11.3 Å². The second kappa shape index (κ2) is 5.33. The van der Waals surface area contributed by atoms with Gasteiger partial charge in [-0.1, -0.05) is 0 Å². The Kier molecular flexibility index (Phi) is 3.91. The van der Waals surface area contributed by atoms with Crippen molar-refractivity contribution in [3.63, 3.8) is 0 Å². The van der Waals surface area contributed by atoms with Crippen molar-refractivity contribution < 1.29 is 13.2 Å². The lowest BCUT2D eigenvalue weighted by atomic mass is 10.1. The largest absolute Gasteiger partial charge is 0.416 e. The molecule has 3 nitrogen and oxygen atoms in total. The van der Waals surface area contributed by atoms with E-state index in [0.717, 1.165) is 25.2 Å². The van der Waals surface area contributed by atoms with Gasteiger partial charge in [0.15, 0.2) is 0 Å². The van der Waals surface area contributed by atoms with Gasteiger partial charge in [0, 0.05) is 25.7 Å². The van der Waals surface area contributed by atoms with E-state index < -0.39 is 11.7 Å². The first-order chi connectivity index (χ1) is 9.32. The molecule has 1 saturated heterocycles. The monoisotopic (exact) mass is 283 g/mol. The third-order valence-electron chi connectivity index (χ3n) is 3.58. The van der Waals surface area contributed by atoms with Crippen LogP contribution in [0.2, 0.25) is 0 Å². The van der Waals surface area contributed by atoms with Gasteiger partial charge in [-0.2, -0.15) is 18.4 Å². The Hall–Kier alpha value is -1.74. The molecule has 1 heterocycles. The van der Waals surface area contributed by atoms with E-state index >= 15 is 0 Å². The van der Waals surface area contributed by atoms with Gasteiger partial charge in [-0.15, -0.1) is 0 Å². The van der Waals surface area contributed by atoms with Crippen LogP contribution in [-0.2, 0) is 6.18 Å². The minimum Gasteiger partial charge on any atom is -0.365 e. The molecule has 1 unspecified atom stereocenters. The summed E-state index contributed by atoms with van der Waals surface area (Å²) in [4.78, 5) is 4.16. The molecular weight excluding hydrogens is 267 g/mol. The second-order valence-electron chi connectivity index (χ2n) is 5.15. The molecule has 1 aromatic rings. The molecule has 1 aromatic carbocycles. The fraction of sp³-hybridized carbons (Fsp3) is 0.500. The van der Waals surface area contributed by atoms with Crippen molar-refractivity contribution in [2.45, 2.75) is 19.1 Å². The molecule has 1 fully saturated rings. The highest BCUT2D eigenvalue weighted by Crippen LogP contribution is 2.33.